The number of amides is 1. The van der Waals surface area contributed by atoms with E-state index in [0.29, 0.717) is 12.8 Å². The molecule has 6 nitrogen and oxygen atoms in total. The number of unbranched alkanes of at least 4 members (excludes halogenated alkanes) is 16. The van der Waals surface area contributed by atoms with Gasteiger partial charge in [0.1, 0.15) is 12.6 Å². The monoisotopic (exact) mass is 724 g/mol. The summed E-state index contributed by atoms with van der Waals surface area (Å²) in [4.78, 5) is 34.9. The molecule has 0 saturated carbocycles. The Kier molecular flexibility index (Phi) is 38.2. The van der Waals surface area contributed by atoms with E-state index in [4.69, 9.17) is 9.84 Å². The van der Waals surface area contributed by atoms with E-state index in [-0.39, 0.29) is 24.5 Å². The lowest BCUT2D eigenvalue weighted by Gasteiger charge is -2.15. The van der Waals surface area contributed by atoms with Crippen LogP contribution >= 0.6 is 0 Å². The van der Waals surface area contributed by atoms with Gasteiger partial charge in [0.05, 0.1) is 0 Å². The molecule has 0 bridgehead atoms. The smallest absolute Gasteiger partial charge is 0.322 e. The molecule has 0 fully saturated rings. The van der Waals surface area contributed by atoms with Crippen molar-refractivity contribution >= 4 is 17.8 Å². The fourth-order valence-electron chi connectivity index (χ4n) is 5.74. The number of allylic oxidation sites excluding steroid dienone is 11. The van der Waals surface area contributed by atoms with E-state index >= 15 is 0 Å². The van der Waals surface area contributed by atoms with Gasteiger partial charge in [-0.2, -0.15) is 0 Å². The van der Waals surface area contributed by atoms with Crippen molar-refractivity contribution in [2.45, 2.75) is 193 Å². The van der Waals surface area contributed by atoms with E-state index in [1.165, 1.54) is 51.4 Å². The molecule has 0 saturated heterocycles. The summed E-state index contributed by atoms with van der Waals surface area (Å²) in [5.74, 6) is -1.29. The lowest BCUT2D eigenvalue weighted by molar-refractivity contribution is -0.147. The summed E-state index contributed by atoms with van der Waals surface area (Å²) in [7, 11) is 0. The van der Waals surface area contributed by atoms with Gasteiger partial charge in [-0.05, 0) is 89.5 Å². The SMILES string of the molecule is CC/C=C\C/C=C\C/C=C\C/C=C\C/C=C\CCCCCCCC(=O)OC(/C=C\CCCCCCCC)CCCCCCCCC(=O)NCC(=O)O. The molecule has 1 atom stereocenters. The van der Waals surface area contributed by atoms with Crippen LogP contribution in [-0.4, -0.2) is 35.6 Å². The van der Waals surface area contributed by atoms with Crippen molar-refractivity contribution in [1.29, 1.82) is 0 Å². The number of nitrogens with one attached hydrogen (secondary N) is 1. The Morgan fingerprint density at radius 3 is 1.56 bits per heavy atom. The number of hydrogen-bond donors (Lipinski definition) is 2. The van der Waals surface area contributed by atoms with Crippen LogP contribution in [0.4, 0.5) is 0 Å². The van der Waals surface area contributed by atoms with Crippen LogP contribution in [0.25, 0.3) is 0 Å². The second-order valence-corrected chi connectivity index (χ2v) is 13.9. The summed E-state index contributed by atoms with van der Waals surface area (Å²) in [6, 6.07) is 0. The number of aliphatic carboxylic acids is 1. The third kappa shape index (κ3) is 39.6. The Labute approximate surface area is 319 Å². The molecule has 0 heterocycles. The minimum atomic E-state index is -1.02. The highest BCUT2D eigenvalue weighted by molar-refractivity contribution is 5.80. The van der Waals surface area contributed by atoms with E-state index in [9.17, 15) is 14.4 Å². The number of carboxylic acid groups (broad SMARTS) is 1. The molecule has 0 aliphatic carbocycles. The van der Waals surface area contributed by atoms with Gasteiger partial charge in [-0.25, -0.2) is 0 Å². The van der Waals surface area contributed by atoms with Crippen LogP contribution in [0, 0.1) is 0 Å². The molecule has 2 N–H and O–H groups in total. The molecule has 1 amide bonds. The third-order valence-electron chi connectivity index (χ3n) is 8.85. The topological polar surface area (TPSA) is 92.7 Å². The van der Waals surface area contributed by atoms with Crippen molar-refractivity contribution in [3.05, 3.63) is 72.9 Å². The first-order valence-corrected chi connectivity index (χ1v) is 21.1. The van der Waals surface area contributed by atoms with Crippen molar-refractivity contribution in [1.82, 2.24) is 5.32 Å². The molecule has 0 rings (SSSR count). The summed E-state index contributed by atoms with van der Waals surface area (Å²) >= 11 is 0. The van der Waals surface area contributed by atoms with E-state index in [0.717, 1.165) is 109 Å². The molecule has 0 aromatic rings. The van der Waals surface area contributed by atoms with Gasteiger partial charge >= 0.3 is 11.9 Å². The number of esters is 1. The van der Waals surface area contributed by atoms with Gasteiger partial charge in [-0.1, -0.05) is 158 Å². The van der Waals surface area contributed by atoms with Crippen LogP contribution in [0.5, 0.6) is 0 Å². The van der Waals surface area contributed by atoms with Crippen molar-refractivity contribution < 1.29 is 24.2 Å². The first kappa shape index (κ1) is 48.9. The highest BCUT2D eigenvalue weighted by Gasteiger charge is 2.11. The van der Waals surface area contributed by atoms with Gasteiger partial charge in [0.15, 0.2) is 0 Å². The minimum Gasteiger partial charge on any atom is -0.480 e. The summed E-state index contributed by atoms with van der Waals surface area (Å²) < 4.78 is 5.93. The zero-order valence-corrected chi connectivity index (χ0v) is 33.4. The van der Waals surface area contributed by atoms with Crippen LogP contribution in [0.15, 0.2) is 72.9 Å². The van der Waals surface area contributed by atoms with Crippen LogP contribution in [0.2, 0.25) is 0 Å². The zero-order valence-electron chi connectivity index (χ0n) is 33.4. The number of carboxylic acids is 1. The maximum atomic E-state index is 12.7. The third-order valence-corrected chi connectivity index (χ3v) is 8.85. The molecule has 296 valence electrons. The number of ether oxygens (including phenoxy) is 1. The largest absolute Gasteiger partial charge is 0.480 e. The van der Waals surface area contributed by atoms with Crippen molar-refractivity contribution in [3.8, 4) is 0 Å². The summed E-state index contributed by atoms with van der Waals surface area (Å²) in [5, 5.41) is 11.0. The molecule has 0 aliphatic heterocycles. The van der Waals surface area contributed by atoms with Crippen LogP contribution < -0.4 is 5.32 Å². The first-order chi connectivity index (χ1) is 25.5. The van der Waals surface area contributed by atoms with Gasteiger partial charge in [-0.15, -0.1) is 0 Å². The van der Waals surface area contributed by atoms with Gasteiger partial charge in [-0.3, -0.25) is 14.4 Å². The number of rotatable bonds is 37. The summed E-state index contributed by atoms with van der Waals surface area (Å²) in [5.41, 5.74) is 0. The van der Waals surface area contributed by atoms with Gasteiger partial charge in [0, 0.05) is 12.8 Å². The van der Waals surface area contributed by atoms with E-state index in [1.54, 1.807) is 0 Å². The average molecular weight is 724 g/mol. The highest BCUT2D eigenvalue weighted by Crippen LogP contribution is 2.16. The fraction of sp³-hybridized carbons (Fsp3) is 0.674. The van der Waals surface area contributed by atoms with Crippen LogP contribution in [-0.2, 0) is 19.1 Å². The predicted molar refractivity (Wildman–Crippen MR) is 221 cm³/mol. The summed E-state index contributed by atoms with van der Waals surface area (Å²) in [6.45, 7) is 4.09. The molecule has 52 heavy (non-hydrogen) atoms. The second-order valence-electron chi connectivity index (χ2n) is 13.9. The Bertz CT molecular complexity index is 1020. The lowest BCUT2D eigenvalue weighted by atomic mass is 10.0. The highest BCUT2D eigenvalue weighted by atomic mass is 16.5. The van der Waals surface area contributed by atoms with Gasteiger partial charge in [0.2, 0.25) is 5.91 Å². The standard InChI is InChI=1S/C46H77NO5/c1-3-5-7-9-11-13-14-15-16-17-18-19-20-21-22-23-24-25-27-33-37-41-46(51)52-43(38-34-30-26-12-10-8-6-4-2)39-35-31-28-29-32-36-40-44(48)47-42-45(49)50/h5,7,11,13,15-16,18-19,21-22,34,38,43H,3-4,6,8-10,12,14,17,20,23-33,35-37,39-42H2,1-2H3,(H,47,48)(H,49,50)/b7-5-,13-11-,16-15-,19-18-,22-21-,38-34-. The molecule has 0 aromatic carbocycles. The van der Waals surface area contributed by atoms with Gasteiger partial charge in [0.25, 0.3) is 0 Å². The Morgan fingerprint density at radius 1 is 0.538 bits per heavy atom. The Balaban J connectivity index is 4.14. The maximum absolute atomic E-state index is 12.7. The summed E-state index contributed by atoms with van der Waals surface area (Å²) in [6.07, 6.45) is 54.7. The quantitative estimate of drug-likeness (QED) is 0.0378. The molecule has 0 aromatic heterocycles. The molecule has 0 radical (unpaired) electrons. The minimum absolute atomic E-state index is 0.0748. The molecular formula is C46H77NO5. The molecule has 1 unspecified atom stereocenters. The first-order valence-electron chi connectivity index (χ1n) is 21.1. The normalized spacial score (nSPS) is 12.8. The fourth-order valence-corrected chi connectivity index (χ4v) is 5.74. The molecular weight excluding hydrogens is 647 g/mol. The van der Waals surface area contributed by atoms with E-state index in [1.807, 2.05) is 0 Å². The van der Waals surface area contributed by atoms with Crippen molar-refractivity contribution in [2.75, 3.05) is 6.54 Å². The number of carbonyl (C=O) groups excluding carboxylic acids is 2. The molecule has 0 aliphatic rings. The second kappa shape index (κ2) is 40.6. The molecule has 6 heteroatoms. The molecule has 0 spiro atoms. The van der Waals surface area contributed by atoms with Crippen LogP contribution in [0.1, 0.15) is 187 Å². The van der Waals surface area contributed by atoms with Crippen molar-refractivity contribution in [2.24, 2.45) is 0 Å². The van der Waals surface area contributed by atoms with E-state index in [2.05, 4.69) is 92.1 Å². The van der Waals surface area contributed by atoms with E-state index < -0.39 is 5.97 Å². The average Bonchev–Trinajstić information content (AvgIpc) is 3.13. The van der Waals surface area contributed by atoms with Crippen molar-refractivity contribution in [3.63, 3.8) is 0 Å². The van der Waals surface area contributed by atoms with Crippen LogP contribution in [0.3, 0.4) is 0 Å². The predicted octanol–water partition coefficient (Wildman–Crippen LogP) is 13.0. The van der Waals surface area contributed by atoms with Gasteiger partial charge < -0.3 is 15.2 Å². The Morgan fingerprint density at radius 2 is 1.00 bits per heavy atom. The Hall–Kier alpha value is -3.15. The maximum Gasteiger partial charge on any atom is 0.322 e. The zero-order chi connectivity index (χ0) is 38.0. The number of carbonyl (C=O) groups is 3. The lowest BCUT2D eigenvalue weighted by Crippen LogP contribution is -2.28. The number of hydrogen-bond acceptors (Lipinski definition) is 4.